The molecule has 0 bridgehead atoms. The van der Waals surface area contributed by atoms with E-state index < -0.39 is 0 Å². The van der Waals surface area contributed by atoms with Crippen molar-refractivity contribution in [1.82, 2.24) is 0 Å². The van der Waals surface area contributed by atoms with Crippen LogP contribution in [0.2, 0.25) is 0 Å². The summed E-state index contributed by atoms with van der Waals surface area (Å²) in [4.78, 5) is 2.46. The summed E-state index contributed by atoms with van der Waals surface area (Å²) < 4.78 is 8.96. The Morgan fingerprint density at radius 1 is 0.444 bits per heavy atom. The summed E-state index contributed by atoms with van der Waals surface area (Å²) in [5.41, 5.74) is 9.89. The maximum atomic E-state index is 6.42. The van der Waals surface area contributed by atoms with E-state index in [1.165, 1.54) is 48.1 Å². The molecule has 0 N–H and O–H groups in total. The van der Waals surface area contributed by atoms with Crippen molar-refractivity contribution in [1.29, 1.82) is 0 Å². The van der Waals surface area contributed by atoms with Crippen LogP contribution in [0.5, 0.6) is 0 Å². The van der Waals surface area contributed by atoms with E-state index in [0.717, 1.165) is 33.3 Å². The van der Waals surface area contributed by atoms with Crippen molar-refractivity contribution >= 4 is 70.5 Å². The molecule has 2 nitrogen and oxygen atoms in total. The summed E-state index contributed by atoms with van der Waals surface area (Å²) in [5.74, 6) is 0. The molecule has 0 saturated carbocycles. The quantitative estimate of drug-likeness (QED) is 0.197. The minimum absolute atomic E-state index is 0.879. The molecular formula is C42H27NOS. The minimum atomic E-state index is 0.879. The van der Waals surface area contributed by atoms with Crippen LogP contribution in [0.3, 0.4) is 0 Å². The summed E-state index contributed by atoms with van der Waals surface area (Å²) in [5, 5.41) is 4.77. The summed E-state index contributed by atoms with van der Waals surface area (Å²) in [6, 6.07) is 58.4. The second-order valence-corrected chi connectivity index (χ2v) is 12.4. The van der Waals surface area contributed by atoms with Crippen molar-refractivity contribution in [3.8, 4) is 22.3 Å². The average molecular weight is 594 g/mol. The number of fused-ring (bicyclic) bond motifs is 6. The first kappa shape index (κ1) is 25.8. The Morgan fingerprint density at radius 3 is 1.89 bits per heavy atom. The molecule has 0 radical (unpaired) electrons. The maximum absolute atomic E-state index is 6.42. The normalized spacial score (nSPS) is 11.6. The van der Waals surface area contributed by atoms with Crippen molar-refractivity contribution in [2.24, 2.45) is 0 Å². The first-order chi connectivity index (χ1) is 22.3. The smallest absolute Gasteiger partial charge is 0.137 e. The van der Waals surface area contributed by atoms with E-state index in [0.29, 0.717) is 0 Å². The van der Waals surface area contributed by atoms with Crippen LogP contribution < -0.4 is 4.90 Å². The highest BCUT2D eigenvalue weighted by Gasteiger charge is 2.25. The third-order valence-electron chi connectivity index (χ3n) is 8.68. The lowest BCUT2D eigenvalue weighted by Crippen LogP contribution is -2.12. The Balaban J connectivity index is 1.40. The molecule has 0 spiro atoms. The van der Waals surface area contributed by atoms with Crippen LogP contribution in [0.15, 0.2) is 168 Å². The van der Waals surface area contributed by atoms with Gasteiger partial charge in [0.2, 0.25) is 0 Å². The van der Waals surface area contributed by atoms with Crippen molar-refractivity contribution in [3.63, 3.8) is 0 Å². The molecule has 0 aliphatic carbocycles. The molecule has 212 valence electrons. The molecule has 3 heteroatoms. The monoisotopic (exact) mass is 593 g/mol. The van der Waals surface area contributed by atoms with E-state index in [-0.39, 0.29) is 0 Å². The van der Waals surface area contributed by atoms with Crippen LogP contribution in [0, 0.1) is 0 Å². The lowest BCUT2D eigenvalue weighted by atomic mass is 9.98. The van der Waals surface area contributed by atoms with Crippen LogP contribution in [-0.2, 0) is 0 Å². The fourth-order valence-electron chi connectivity index (χ4n) is 6.61. The van der Waals surface area contributed by atoms with Gasteiger partial charge in [0.15, 0.2) is 0 Å². The number of thiophene rings is 1. The number of benzene rings is 7. The molecule has 45 heavy (non-hydrogen) atoms. The number of hydrogen-bond donors (Lipinski definition) is 0. The standard InChI is InChI=1S/C42H27NOS/c1-3-12-28(13-4-1)29-22-24-31(25-23-29)43(36-18-11-20-38-40(36)35-17-7-9-19-37(35)44-38)41-32(30-14-5-2-6-15-30)26-27-34-33-16-8-10-21-39(33)45-42(34)41/h1-27H. The van der Waals surface area contributed by atoms with Gasteiger partial charge in [0, 0.05) is 32.1 Å². The molecule has 2 heterocycles. The topological polar surface area (TPSA) is 16.4 Å². The van der Waals surface area contributed by atoms with Gasteiger partial charge in [0.1, 0.15) is 11.2 Å². The maximum Gasteiger partial charge on any atom is 0.137 e. The van der Waals surface area contributed by atoms with E-state index in [4.69, 9.17) is 4.42 Å². The molecule has 0 unspecified atom stereocenters. The summed E-state index contributed by atoms with van der Waals surface area (Å²) in [7, 11) is 0. The van der Waals surface area contributed by atoms with Gasteiger partial charge in [0.25, 0.3) is 0 Å². The highest BCUT2D eigenvalue weighted by Crippen LogP contribution is 2.51. The van der Waals surface area contributed by atoms with Crippen LogP contribution in [0.4, 0.5) is 17.1 Å². The van der Waals surface area contributed by atoms with Gasteiger partial charge in [-0.25, -0.2) is 0 Å². The predicted molar refractivity (Wildman–Crippen MR) is 192 cm³/mol. The van der Waals surface area contributed by atoms with Crippen LogP contribution >= 0.6 is 11.3 Å². The van der Waals surface area contributed by atoms with E-state index in [1.807, 2.05) is 17.4 Å². The Labute approximate surface area is 265 Å². The van der Waals surface area contributed by atoms with Crippen molar-refractivity contribution in [3.05, 3.63) is 164 Å². The fraction of sp³-hybridized carbons (Fsp3) is 0. The molecule has 0 saturated heterocycles. The van der Waals surface area contributed by atoms with Gasteiger partial charge in [-0.1, -0.05) is 127 Å². The zero-order chi connectivity index (χ0) is 29.7. The molecule has 0 aliphatic rings. The van der Waals surface area contributed by atoms with Crippen molar-refractivity contribution in [2.75, 3.05) is 4.90 Å². The molecule has 9 rings (SSSR count). The number of nitrogens with zero attached hydrogens (tertiary/aromatic N) is 1. The molecule has 0 aliphatic heterocycles. The summed E-state index contributed by atoms with van der Waals surface area (Å²) in [6.07, 6.45) is 0. The highest BCUT2D eigenvalue weighted by atomic mass is 32.1. The van der Waals surface area contributed by atoms with Crippen LogP contribution in [-0.4, -0.2) is 0 Å². The number of hydrogen-bond acceptors (Lipinski definition) is 3. The van der Waals surface area contributed by atoms with Gasteiger partial charge >= 0.3 is 0 Å². The van der Waals surface area contributed by atoms with Gasteiger partial charge in [-0.15, -0.1) is 11.3 Å². The van der Waals surface area contributed by atoms with Gasteiger partial charge in [-0.2, -0.15) is 0 Å². The van der Waals surface area contributed by atoms with Crippen molar-refractivity contribution in [2.45, 2.75) is 0 Å². The van der Waals surface area contributed by atoms with E-state index >= 15 is 0 Å². The number of rotatable bonds is 5. The first-order valence-corrected chi connectivity index (χ1v) is 16.0. The van der Waals surface area contributed by atoms with Crippen LogP contribution in [0.25, 0.3) is 64.4 Å². The van der Waals surface area contributed by atoms with E-state index in [2.05, 4.69) is 163 Å². The second-order valence-electron chi connectivity index (χ2n) is 11.3. The lowest BCUT2D eigenvalue weighted by molar-refractivity contribution is 0.669. The average Bonchev–Trinajstić information content (AvgIpc) is 3.69. The number of para-hydroxylation sites is 1. The Hall–Kier alpha value is -5.64. The number of furan rings is 1. The van der Waals surface area contributed by atoms with Crippen LogP contribution in [0.1, 0.15) is 0 Å². The fourth-order valence-corrected chi connectivity index (χ4v) is 7.85. The largest absolute Gasteiger partial charge is 0.456 e. The van der Waals surface area contributed by atoms with E-state index in [1.54, 1.807) is 0 Å². The Bertz CT molecular complexity index is 2470. The predicted octanol–water partition coefficient (Wildman–Crippen LogP) is 12.8. The second kappa shape index (κ2) is 10.5. The Kier molecular flexibility index (Phi) is 6.03. The molecule has 2 aromatic heterocycles. The lowest BCUT2D eigenvalue weighted by Gasteiger charge is -2.29. The minimum Gasteiger partial charge on any atom is -0.456 e. The summed E-state index contributed by atoms with van der Waals surface area (Å²) >= 11 is 1.86. The SMILES string of the molecule is c1ccc(-c2ccc(N(c3c(-c4ccccc4)ccc4c3sc3ccccc34)c3cccc4oc5ccccc5c34)cc2)cc1. The van der Waals surface area contributed by atoms with E-state index in [9.17, 15) is 0 Å². The molecule has 0 atom stereocenters. The highest BCUT2D eigenvalue weighted by molar-refractivity contribution is 7.26. The molecule has 9 aromatic rings. The zero-order valence-corrected chi connectivity index (χ0v) is 25.2. The van der Waals surface area contributed by atoms with Gasteiger partial charge in [-0.3, -0.25) is 0 Å². The third-order valence-corrected chi connectivity index (χ3v) is 9.88. The summed E-state index contributed by atoms with van der Waals surface area (Å²) in [6.45, 7) is 0. The van der Waals surface area contributed by atoms with Crippen molar-refractivity contribution < 1.29 is 4.42 Å². The third kappa shape index (κ3) is 4.24. The molecule has 7 aromatic carbocycles. The van der Waals surface area contributed by atoms with Gasteiger partial charge in [-0.05, 0) is 53.1 Å². The Morgan fingerprint density at radius 2 is 1.09 bits per heavy atom. The zero-order valence-electron chi connectivity index (χ0n) is 24.4. The molecule has 0 amide bonds. The van der Waals surface area contributed by atoms with Gasteiger partial charge in [0.05, 0.1) is 21.5 Å². The molecular weight excluding hydrogens is 567 g/mol. The first-order valence-electron chi connectivity index (χ1n) is 15.2. The number of anilines is 3. The van der Waals surface area contributed by atoms with Gasteiger partial charge < -0.3 is 9.32 Å². The molecule has 0 fully saturated rings.